The third kappa shape index (κ3) is 17.6. The van der Waals surface area contributed by atoms with Crippen LogP contribution in [0.4, 0.5) is 18.4 Å². The number of halogens is 2. The molecule has 0 unspecified atom stereocenters. The minimum atomic E-state index is -5.86. The van der Waals surface area contributed by atoms with Crippen LogP contribution >= 0.6 is 0 Å². The lowest BCUT2D eigenvalue weighted by atomic mass is 9.84. The molecule has 0 radical (unpaired) electrons. The van der Waals surface area contributed by atoms with Crippen LogP contribution in [0.15, 0.2) is 0 Å². The topological polar surface area (TPSA) is 155 Å². The lowest BCUT2D eigenvalue weighted by Gasteiger charge is -2.43. The van der Waals surface area contributed by atoms with Gasteiger partial charge in [0.1, 0.15) is 11.2 Å². The molecular weight excluding hydrogens is 730 g/mol. The Morgan fingerprint density at radius 1 is 0.704 bits per heavy atom. The lowest BCUT2D eigenvalue weighted by molar-refractivity contribution is -0.290. The van der Waals surface area contributed by atoms with Crippen molar-refractivity contribution in [3.63, 3.8) is 0 Å². The van der Waals surface area contributed by atoms with Gasteiger partial charge in [-0.15, -0.1) is 4.90 Å². The molecule has 16 heteroatoms. The molecular formula is C38H68F2N2O11S. The van der Waals surface area contributed by atoms with Crippen LogP contribution in [-0.4, -0.2) is 97.4 Å². The van der Waals surface area contributed by atoms with Crippen molar-refractivity contribution in [3.8, 4) is 0 Å². The van der Waals surface area contributed by atoms with Gasteiger partial charge >= 0.3 is 33.5 Å². The van der Waals surface area contributed by atoms with Gasteiger partial charge in [-0.3, -0.25) is 13.8 Å². The van der Waals surface area contributed by atoms with E-state index in [4.69, 9.17) is 23.1 Å². The van der Waals surface area contributed by atoms with Gasteiger partial charge in [0.15, 0.2) is 5.79 Å². The number of carbonyl (C=O) groups is 4. The predicted molar refractivity (Wildman–Crippen MR) is 200 cm³/mol. The summed E-state index contributed by atoms with van der Waals surface area (Å²) in [5.74, 6) is -4.05. The molecule has 0 aromatic carbocycles. The van der Waals surface area contributed by atoms with E-state index < -0.39 is 74.8 Å². The molecule has 316 valence electrons. The molecule has 1 aliphatic rings. The first-order valence-electron chi connectivity index (χ1n) is 19.4. The van der Waals surface area contributed by atoms with Crippen LogP contribution in [0.2, 0.25) is 0 Å². The standard InChI is InChI=1S/C38H68F2N2O11S/c1-11-13-15-17-19-21-25-41(26-22-20-18-16-14-12-2)31(44)38(39,40)54(47,48)51-29-37(27-49-36(9,10)50-28-37)24-23-30(43)42(32(45)52-34(3,4)5)33(46)53-35(6,7)8/h11-29H2,1-10H3. The molecule has 0 aliphatic carbocycles. The number of imide groups is 3. The smallest absolute Gasteiger partial charge is 0.443 e. The highest BCUT2D eigenvalue weighted by molar-refractivity contribution is 7.88. The molecule has 1 fully saturated rings. The fourth-order valence-electron chi connectivity index (χ4n) is 5.46. The molecule has 0 aromatic rings. The highest BCUT2D eigenvalue weighted by Crippen LogP contribution is 2.37. The van der Waals surface area contributed by atoms with Crippen LogP contribution in [0.25, 0.3) is 0 Å². The van der Waals surface area contributed by atoms with Gasteiger partial charge in [-0.05, 0) is 74.7 Å². The Morgan fingerprint density at radius 2 is 1.11 bits per heavy atom. The first-order valence-corrected chi connectivity index (χ1v) is 20.9. The van der Waals surface area contributed by atoms with Crippen molar-refractivity contribution in [2.45, 2.75) is 181 Å². The van der Waals surface area contributed by atoms with E-state index in [0.717, 1.165) is 56.3 Å². The van der Waals surface area contributed by atoms with E-state index in [1.54, 1.807) is 13.8 Å². The van der Waals surface area contributed by atoms with Gasteiger partial charge in [-0.25, -0.2) is 9.59 Å². The van der Waals surface area contributed by atoms with Crippen molar-refractivity contribution < 1.29 is 59.5 Å². The number of alkyl halides is 2. The van der Waals surface area contributed by atoms with Gasteiger partial charge in [0.2, 0.25) is 5.91 Å². The average Bonchev–Trinajstić information content (AvgIpc) is 3.04. The number of carbonyl (C=O) groups excluding carboxylic acids is 4. The molecule has 0 bridgehead atoms. The Kier molecular flexibility index (Phi) is 20.0. The zero-order chi connectivity index (χ0) is 41.4. The third-order valence-corrected chi connectivity index (χ3v) is 9.89. The zero-order valence-electron chi connectivity index (χ0n) is 34.5. The largest absolute Gasteiger partial charge is 0.447 e. The van der Waals surface area contributed by atoms with E-state index in [9.17, 15) is 27.6 Å². The molecule has 4 amide bonds. The SMILES string of the molecule is CCCCCCCCN(CCCCCCCC)C(=O)C(F)(F)S(=O)(=O)OCC1(CCC(=O)N(C(=O)OC(C)(C)C)C(=O)OC(C)(C)C)COC(C)(C)OC1. The Bertz CT molecular complexity index is 1260. The maximum Gasteiger partial charge on any atom is 0.447 e. The van der Waals surface area contributed by atoms with Crippen molar-refractivity contribution in [2.24, 2.45) is 5.41 Å². The van der Waals surface area contributed by atoms with Crippen molar-refractivity contribution in [1.82, 2.24) is 9.80 Å². The van der Waals surface area contributed by atoms with Crippen LogP contribution in [-0.2, 0) is 42.8 Å². The summed E-state index contributed by atoms with van der Waals surface area (Å²) in [6, 6.07) is 0. The van der Waals surface area contributed by atoms with E-state index in [0.29, 0.717) is 25.7 Å². The van der Waals surface area contributed by atoms with Crippen molar-refractivity contribution in [3.05, 3.63) is 0 Å². The number of ether oxygens (including phenoxy) is 4. The monoisotopic (exact) mass is 798 g/mol. The Hall–Kier alpha value is -2.43. The molecule has 1 aliphatic heterocycles. The number of unbranched alkanes of at least 4 members (excludes halogenated alkanes) is 10. The summed E-state index contributed by atoms with van der Waals surface area (Å²) in [5, 5.41) is -4.91. The molecule has 1 heterocycles. The fourth-order valence-corrected chi connectivity index (χ4v) is 6.36. The molecule has 0 atom stereocenters. The van der Waals surface area contributed by atoms with Gasteiger partial charge in [0, 0.05) is 24.9 Å². The number of amides is 4. The second kappa shape index (κ2) is 21.8. The normalized spacial score (nSPS) is 16.1. The molecule has 0 N–H and O–H groups in total. The molecule has 1 rings (SSSR count). The van der Waals surface area contributed by atoms with Crippen molar-refractivity contribution in [2.75, 3.05) is 32.9 Å². The number of hydrogen-bond donors (Lipinski definition) is 0. The second-order valence-electron chi connectivity index (χ2n) is 16.7. The minimum Gasteiger partial charge on any atom is -0.443 e. The highest BCUT2D eigenvalue weighted by atomic mass is 32.2. The van der Waals surface area contributed by atoms with E-state index in [2.05, 4.69) is 13.8 Å². The number of hydrogen-bond acceptors (Lipinski definition) is 11. The second-order valence-corrected chi connectivity index (χ2v) is 18.4. The highest BCUT2D eigenvalue weighted by Gasteiger charge is 2.57. The quantitative estimate of drug-likeness (QED) is 0.0763. The molecule has 0 spiro atoms. The maximum atomic E-state index is 15.7. The third-order valence-electron chi connectivity index (χ3n) is 8.66. The van der Waals surface area contributed by atoms with Crippen LogP contribution < -0.4 is 0 Å². The molecule has 0 saturated carbocycles. The summed E-state index contributed by atoms with van der Waals surface area (Å²) in [6.45, 7) is 15.0. The van der Waals surface area contributed by atoms with Crippen LogP contribution in [0, 0.1) is 5.41 Å². The first-order chi connectivity index (χ1) is 24.8. The maximum absolute atomic E-state index is 15.7. The average molecular weight is 799 g/mol. The molecule has 1 saturated heterocycles. The van der Waals surface area contributed by atoms with E-state index in [-0.39, 0.29) is 37.6 Å². The Labute approximate surface area is 322 Å². The van der Waals surface area contributed by atoms with Gasteiger partial charge in [0.05, 0.1) is 19.8 Å². The zero-order valence-corrected chi connectivity index (χ0v) is 35.3. The molecule has 0 aromatic heterocycles. The Balaban J connectivity index is 3.24. The predicted octanol–water partition coefficient (Wildman–Crippen LogP) is 8.72. The van der Waals surface area contributed by atoms with E-state index in [1.807, 2.05) is 0 Å². The first kappa shape index (κ1) is 49.6. The summed E-state index contributed by atoms with van der Waals surface area (Å²) in [5.41, 5.74) is -3.69. The summed E-state index contributed by atoms with van der Waals surface area (Å²) in [4.78, 5) is 53.9. The summed E-state index contributed by atoms with van der Waals surface area (Å²) in [7, 11) is -5.86. The molecule has 13 nitrogen and oxygen atoms in total. The number of nitrogens with zero attached hydrogens (tertiary/aromatic N) is 2. The lowest BCUT2D eigenvalue weighted by Crippen LogP contribution is -2.52. The van der Waals surface area contributed by atoms with Gasteiger partial charge < -0.3 is 23.8 Å². The number of rotatable bonds is 22. The summed E-state index contributed by atoms with van der Waals surface area (Å²) >= 11 is 0. The van der Waals surface area contributed by atoms with E-state index in [1.165, 1.54) is 41.5 Å². The molecule has 54 heavy (non-hydrogen) atoms. The van der Waals surface area contributed by atoms with Gasteiger partial charge in [0.25, 0.3) is 0 Å². The summed E-state index contributed by atoms with van der Waals surface area (Å²) in [6.07, 6.45) is 6.71. The van der Waals surface area contributed by atoms with Gasteiger partial charge in [-0.2, -0.15) is 17.2 Å². The van der Waals surface area contributed by atoms with E-state index >= 15 is 8.78 Å². The van der Waals surface area contributed by atoms with Crippen LogP contribution in [0.1, 0.15) is 159 Å². The summed E-state index contributed by atoms with van der Waals surface area (Å²) < 4.78 is 84.8. The Morgan fingerprint density at radius 3 is 1.52 bits per heavy atom. The fraction of sp³-hybridized carbons (Fsp3) is 0.895. The van der Waals surface area contributed by atoms with Gasteiger partial charge in [-0.1, -0.05) is 78.1 Å². The minimum absolute atomic E-state index is 0.0142. The van der Waals surface area contributed by atoms with Crippen LogP contribution in [0.5, 0.6) is 0 Å². The van der Waals surface area contributed by atoms with Crippen molar-refractivity contribution in [1.29, 1.82) is 0 Å². The van der Waals surface area contributed by atoms with Crippen molar-refractivity contribution >= 4 is 34.1 Å². The van der Waals surface area contributed by atoms with Crippen LogP contribution in [0.3, 0.4) is 0 Å².